The van der Waals surface area contributed by atoms with E-state index < -0.39 is 0 Å². The van der Waals surface area contributed by atoms with Crippen LogP contribution in [0.3, 0.4) is 0 Å². The first-order chi connectivity index (χ1) is 8.13. The van der Waals surface area contributed by atoms with Crippen molar-refractivity contribution in [1.82, 2.24) is 4.98 Å². The highest BCUT2D eigenvalue weighted by Gasteiger charge is 2.09. The lowest BCUT2D eigenvalue weighted by Gasteiger charge is -2.09. The van der Waals surface area contributed by atoms with Gasteiger partial charge in [-0.25, -0.2) is 0 Å². The summed E-state index contributed by atoms with van der Waals surface area (Å²) in [6.45, 7) is 2.65. The third-order valence-corrected chi connectivity index (χ3v) is 3.53. The topological polar surface area (TPSA) is 38.9 Å². The maximum Gasteiger partial charge on any atom is 0.0909 e. The number of nitrogens with two attached hydrogens (primary N) is 1. The molecule has 0 saturated carbocycles. The minimum absolute atomic E-state index is 0.530. The Bertz CT molecular complexity index is 553. The maximum atomic E-state index is 6.18. The molecular weight excluding hydrogens is 255 g/mol. The fourth-order valence-corrected chi connectivity index (χ4v) is 2.31. The van der Waals surface area contributed by atoms with E-state index in [-0.39, 0.29) is 0 Å². The fourth-order valence-electron chi connectivity index (χ4n) is 1.95. The molecule has 0 saturated heterocycles. The smallest absolute Gasteiger partial charge is 0.0909 e. The molecule has 90 valence electrons. The zero-order valence-electron chi connectivity index (χ0n) is 9.63. The molecule has 4 heteroatoms. The first kappa shape index (κ1) is 12.6. The largest absolute Gasteiger partial charge is 0.330 e. The van der Waals surface area contributed by atoms with Crippen LogP contribution in [0.15, 0.2) is 18.2 Å². The normalized spacial score (nSPS) is 11.1. The van der Waals surface area contributed by atoms with Crippen molar-refractivity contribution in [3.05, 3.63) is 39.5 Å². The van der Waals surface area contributed by atoms with Crippen LogP contribution in [0.5, 0.6) is 0 Å². The van der Waals surface area contributed by atoms with Gasteiger partial charge in [-0.05, 0) is 44.0 Å². The zero-order valence-corrected chi connectivity index (χ0v) is 11.1. The average Bonchev–Trinajstić information content (AvgIpc) is 2.31. The van der Waals surface area contributed by atoms with Gasteiger partial charge in [-0.1, -0.05) is 29.3 Å². The molecule has 0 spiro atoms. The van der Waals surface area contributed by atoms with Crippen molar-refractivity contribution in [2.75, 3.05) is 6.54 Å². The van der Waals surface area contributed by atoms with Crippen LogP contribution in [0.2, 0.25) is 10.0 Å². The molecule has 0 atom stereocenters. The summed E-state index contributed by atoms with van der Waals surface area (Å²) in [7, 11) is 0. The molecule has 17 heavy (non-hydrogen) atoms. The minimum atomic E-state index is 0.530. The fraction of sp³-hybridized carbons (Fsp3) is 0.308. The van der Waals surface area contributed by atoms with Gasteiger partial charge in [0.05, 0.1) is 15.6 Å². The Morgan fingerprint density at radius 1 is 1.29 bits per heavy atom. The number of halogens is 2. The molecule has 1 aromatic heterocycles. The Balaban J connectivity index is 2.64. The molecule has 0 unspecified atom stereocenters. The highest BCUT2D eigenvalue weighted by atomic mass is 35.5. The van der Waals surface area contributed by atoms with E-state index in [1.807, 2.05) is 19.1 Å². The van der Waals surface area contributed by atoms with Gasteiger partial charge in [0.2, 0.25) is 0 Å². The summed E-state index contributed by atoms with van der Waals surface area (Å²) < 4.78 is 0. The maximum absolute atomic E-state index is 6.18. The number of rotatable bonds is 3. The van der Waals surface area contributed by atoms with Crippen molar-refractivity contribution in [2.24, 2.45) is 5.73 Å². The number of hydrogen-bond acceptors (Lipinski definition) is 2. The predicted molar refractivity (Wildman–Crippen MR) is 73.9 cm³/mol. The molecule has 2 rings (SSSR count). The molecule has 0 aliphatic rings. The summed E-state index contributed by atoms with van der Waals surface area (Å²) in [4.78, 5) is 4.46. The Morgan fingerprint density at radius 2 is 2.06 bits per heavy atom. The average molecular weight is 269 g/mol. The Morgan fingerprint density at radius 3 is 2.76 bits per heavy atom. The van der Waals surface area contributed by atoms with E-state index in [0.717, 1.165) is 29.4 Å². The molecular formula is C13H14Cl2N2. The lowest BCUT2D eigenvalue weighted by atomic mass is 10.0. The number of benzene rings is 1. The molecule has 2 aromatic rings. The molecule has 2 N–H and O–H groups in total. The van der Waals surface area contributed by atoms with Crippen LogP contribution >= 0.6 is 23.2 Å². The summed E-state index contributed by atoms with van der Waals surface area (Å²) in [6.07, 6.45) is 1.90. The van der Waals surface area contributed by atoms with Crippen molar-refractivity contribution in [3.63, 3.8) is 0 Å². The summed E-state index contributed by atoms with van der Waals surface area (Å²) in [6, 6.07) is 5.87. The monoisotopic (exact) mass is 268 g/mol. The zero-order chi connectivity index (χ0) is 12.4. The molecule has 1 aromatic carbocycles. The van der Waals surface area contributed by atoms with Crippen LogP contribution in [0, 0.1) is 6.92 Å². The second-order valence-electron chi connectivity index (χ2n) is 4.07. The Labute approximate surface area is 111 Å². The molecule has 0 radical (unpaired) electrons. The summed E-state index contributed by atoms with van der Waals surface area (Å²) in [5.74, 6) is 0. The van der Waals surface area contributed by atoms with E-state index in [9.17, 15) is 0 Å². The lowest BCUT2D eigenvalue weighted by molar-refractivity contribution is 0.835. The van der Waals surface area contributed by atoms with Gasteiger partial charge in [-0.2, -0.15) is 0 Å². The Kier molecular flexibility index (Phi) is 3.87. The number of nitrogens with zero attached hydrogens (tertiary/aromatic N) is 1. The van der Waals surface area contributed by atoms with E-state index in [2.05, 4.69) is 11.1 Å². The second-order valence-corrected chi connectivity index (χ2v) is 4.86. The van der Waals surface area contributed by atoms with Gasteiger partial charge in [0.1, 0.15) is 0 Å². The quantitative estimate of drug-likeness (QED) is 0.921. The van der Waals surface area contributed by atoms with Crippen molar-refractivity contribution in [3.8, 4) is 0 Å². The van der Waals surface area contributed by atoms with Crippen molar-refractivity contribution >= 4 is 34.1 Å². The predicted octanol–water partition coefficient (Wildman–Crippen LogP) is 3.74. The number of aryl methyl sites for hydroxylation is 2. The van der Waals surface area contributed by atoms with Gasteiger partial charge in [0, 0.05) is 11.1 Å². The summed E-state index contributed by atoms with van der Waals surface area (Å²) in [5, 5.41) is 2.14. The van der Waals surface area contributed by atoms with E-state index in [0.29, 0.717) is 16.6 Å². The van der Waals surface area contributed by atoms with Gasteiger partial charge >= 0.3 is 0 Å². The summed E-state index contributed by atoms with van der Waals surface area (Å²) in [5.41, 5.74) is 8.52. The number of hydrogen-bond donors (Lipinski definition) is 1. The molecule has 0 amide bonds. The van der Waals surface area contributed by atoms with Crippen LogP contribution in [0.1, 0.15) is 17.7 Å². The van der Waals surface area contributed by atoms with Gasteiger partial charge in [-0.3, -0.25) is 4.98 Å². The molecule has 0 fully saturated rings. The van der Waals surface area contributed by atoms with Crippen LogP contribution in [0.25, 0.3) is 10.9 Å². The van der Waals surface area contributed by atoms with Crippen LogP contribution in [-0.4, -0.2) is 11.5 Å². The molecule has 1 heterocycles. The SMILES string of the molecule is Cc1cc(CCCN)c2ccc(Cl)c(Cl)c2n1. The molecule has 0 aliphatic carbocycles. The number of pyridine rings is 1. The first-order valence-corrected chi connectivity index (χ1v) is 6.33. The van der Waals surface area contributed by atoms with Crippen LogP contribution in [0.4, 0.5) is 0 Å². The van der Waals surface area contributed by atoms with Crippen LogP contribution in [-0.2, 0) is 6.42 Å². The van der Waals surface area contributed by atoms with E-state index in [1.165, 1.54) is 5.56 Å². The molecule has 2 nitrogen and oxygen atoms in total. The minimum Gasteiger partial charge on any atom is -0.330 e. The van der Waals surface area contributed by atoms with Crippen LogP contribution < -0.4 is 5.73 Å². The first-order valence-electron chi connectivity index (χ1n) is 5.58. The lowest BCUT2D eigenvalue weighted by Crippen LogP contribution is -2.01. The van der Waals surface area contributed by atoms with E-state index in [4.69, 9.17) is 28.9 Å². The van der Waals surface area contributed by atoms with Gasteiger partial charge in [0.15, 0.2) is 0 Å². The third-order valence-electron chi connectivity index (χ3n) is 2.74. The van der Waals surface area contributed by atoms with Crippen molar-refractivity contribution < 1.29 is 0 Å². The Hall–Kier alpha value is -0.830. The molecule has 0 aliphatic heterocycles. The summed E-state index contributed by atoms with van der Waals surface area (Å²) >= 11 is 12.2. The second kappa shape index (κ2) is 5.21. The third kappa shape index (κ3) is 2.54. The number of fused-ring (bicyclic) bond motifs is 1. The van der Waals surface area contributed by atoms with Gasteiger partial charge in [-0.15, -0.1) is 0 Å². The molecule has 0 bridgehead atoms. The van der Waals surface area contributed by atoms with Crippen molar-refractivity contribution in [2.45, 2.75) is 19.8 Å². The number of aromatic nitrogens is 1. The highest BCUT2D eigenvalue weighted by molar-refractivity contribution is 6.45. The van der Waals surface area contributed by atoms with Crippen molar-refractivity contribution in [1.29, 1.82) is 0 Å². The van der Waals surface area contributed by atoms with E-state index >= 15 is 0 Å². The standard InChI is InChI=1S/C13H14Cl2N2/c1-8-7-9(3-2-6-16)10-4-5-11(14)12(15)13(10)17-8/h4-5,7H,2-3,6,16H2,1H3. The van der Waals surface area contributed by atoms with Gasteiger partial charge < -0.3 is 5.73 Å². The van der Waals surface area contributed by atoms with E-state index in [1.54, 1.807) is 0 Å². The highest BCUT2D eigenvalue weighted by Crippen LogP contribution is 2.31. The van der Waals surface area contributed by atoms with Gasteiger partial charge in [0.25, 0.3) is 0 Å².